The predicted molar refractivity (Wildman–Crippen MR) is 108 cm³/mol. The first-order valence-corrected chi connectivity index (χ1v) is 9.63. The number of hydrogen-bond donors (Lipinski definition) is 2. The number of aromatic amines is 2. The van der Waals surface area contributed by atoms with Crippen LogP contribution in [-0.4, -0.2) is 9.97 Å². The lowest BCUT2D eigenvalue weighted by atomic mass is 10.1. The average Bonchev–Trinajstić information content (AvgIpc) is 3.00. The molecule has 2 N–H and O–H groups in total. The molecule has 3 aromatic rings. The van der Waals surface area contributed by atoms with Crippen LogP contribution < -0.4 is 5.56 Å². The molecule has 0 fully saturated rings. The summed E-state index contributed by atoms with van der Waals surface area (Å²) in [5.41, 5.74) is 5.70. The third-order valence-corrected chi connectivity index (χ3v) is 6.39. The molecule has 124 valence electrons. The standard InChI is InChI=1S/C19H19IN2OS/c1-11-7-12(2)9-15(8-11)24-18-16(10-14-5-4-6-21-14)13(3)22-19(23)17(18)20/h4-9,21H,10H2,1-3H3,(H,22,23). The molecule has 0 aliphatic carbocycles. The second-order valence-electron chi connectivity index (χ2n) is 6.00. The summed E-state index contributed by atoms with van der Waals surface area (Å²) in [6.07, 6.45) is 2.71. The van der Waals surface area contributed by atoms with Crippen molar-refractivity contribution in [1.29, 1.82) is 0 Å². The van der Waals surface area contributed by atoms with E-state index in [0.717, 1.165) is 26.3 Å². The number of H-pyrrole nitrogens is 2. The molecule has 2 aromatic heterocycles. The van der Waals surface area contributed by atoms with Crippen molar-refractivity contribution in [2.24, 2.45) is 0 Å². The van der Waals surface area contributed by atoms with E-state index in [9.17, 15) is 4.79 Å². The lowest BCUT2D eigenvalue weighted by Gasteiger charge is -2.14. The van der Waals surface area contributed by atoms with Gasteiger partial charge in [0.1, 0.15) is 0 Å². The van der Waals surface area contributed by atoms with Crippen molar-refractivity contribution in [3.63, 3.8) is 0 Å². The minimum atomic E-state index is -0.0183. The molecule has 0 aliphatic heterocycles. The van der Waals surface area contributed by atoms with Gasteiger partial charge >= 0.3 is 0 Å². The maximum Gasteiger partial charge on any atom is 0.262 e. The summed E-state index contributed by atoms with van der Waals surface area (Å²) in [7, 11) is 0. The molecule has 0 atom stereocenters. The summed E-state index contributed by atoms with van der Waals surface area (Å²) in [4.78, 5) is 20.7. The number of aryl methyl sites for hydroxylation is 3. The van der Waals surface area contributed by atoms with Gasteiger partial charge in [-0.25, -0.2) is 0 Å². The molecule has 0 aliphatic rings. The third kappa shape index (κ3) is 3.78. The molecule has 0 unspecified atom stereocenters. The maximum atomic E-state index is 12.3. The molecule has 0 bridgehead atoms. The van der Waals surface area contributed by atoms with Crippen LogP contribution in [0.4, 0.5) is 0 Å². The van der Waals surface area contributed by atoms with Gasteiger partial charge in [0.05, 0.1) is 3.57 Å². The fourth-order valence-electron chi connectivity index (χ4n) is 2.80. The van der Waals surface area contributed by atoms with Gasteiger partial charge in [-0.3, -0.25) is 4.79 Å². The Morgan fingerprint density at radius 3 is 2.46 bits per heavy atom. The zero-order chi connectivity index (χ0) is 17.3. The molecule has 1 aromatic carbocycles. The van der Waals surface area contributed by atoms with E-state index < -0.39 is 0 Å². The van der Waals surface area contributed by atoms with Gasteiger partial charge in [0.15, 0.2) is 0 Å². The monoisotopic (exact) mass is 450 g/mol. The van der Waals surface area contributed by atoms with Crippen LogP contribution in [0, 0.1) is 24.3 Å². The van der Waals surface area contributed by atoms with Gasteiger partial charge in [0.25, 0.3) is 5.56 Å². The molecule has 24 heavy (non-hydrogen) atoms. The molecule has 3 nitrogen and oxygen atoms in total. The average molecular weight is 450 g/mol. The zero-order valence-corrected chi connectivity index (χ0v) is 16.8. The van der Waals surface area contributed by atoms with Crippen LogP contribution in [0.1, 0.15) is 28.1 Å². The van der Waals surface area contributed by atoms with E-state index >= 15 is 0 Å². The molecule has 3 rings (SSSR count). The Balaban J connectivity index is 2.09. The van der Waals surface area contributed by atoms with Crippen molar-refractivity contribution < 1.29 is 0 Å². The van der Waals surface area contributed by atoms with Crippen LogP contribution in [0.5, 0.6) is 0 Å². The van der Waals surface area contributed by atoms with E-state index in [2.05, 4.69) is 70.7 Å². The fourth-order valence-corrected chi connectivity index (χ4v) is 4.85. The van der Waals surface area contributed by atoms with Gasteiger partial charge in [-0.2, -0.15) is 0 Å². The van der Waals surface area contributed by atoms with E-state index in [4.69, 9.17) is 0 Å². The van der Waals surface area contributed by atoms with E-state index in [0.29, 0.717) is 0 Å². The highest BCUT2D eigenvalue weighted by Gasteiger charge is 2.16. The second kappa shape index (κ2) is 7.19. The van der Waals surface area contributed by atoms with Crippen LogP contribution in [0.25, 0.3) is 0 Å². The summed E-state index contributed by atoms with van der Waals surface area (Å²) in [6.45, 7) is 6.18. The van der Waals surface area contributed by atoms with E-state index in [1.807, 2.05) is 19.2 Å². The van der Waals surface area contributed by atoms with Crippen LogP contribution in [-0.2, 0) is 6.42 Å². The number of aromatic nitrogens is 2. The minimum absolute atomic E-state index is 0.0183. The van der Waals surface area contributed by atoms with E-state index in [-0.39, 0.29) is 5.56 Å². The summed E-state index contributed by atoms with van der Waals surface area (Å²) in [6, 6.07) is 10.6. The Kier molecular flexibility index (Phi) is 5.20. The van der Waals surface area contributed by atoms with Crippen molar-refractivity contribution in [3.05, 3.63) is 78.5 Å². The van der Waals surface area contributed by atoms with Gasteiger partial charge in [0, 0.05) is 33.8 Å². The van der Waals surface area contributed by atoms with Crippen molar-refractivity contribution >= 4 is 34.4 Å². The van der Waals surface area contributed by atoms with E-state index in [1.165, 1.54) is 21.6 Å². The zero-order valence-electron chi connectivity index (χ0n) is 13.9. The van der Waals surface area contributed by atoms with Crippen molar-refractivity contribution in [2.45, 2.75) is 37.0 Å². The van der Waals surface area contributed by atoms with Crippen molar-refractivity contribution in [2.75, 3.05) is 0 Å². The molecule has 0 saturated heterocycles. The van der Waals surface area contributed by atoms with Gasteiger partial charge < -0.3 is 9.97 Å². The number of pyridine rings is 1. The predicted octanol–water partition coefficient (Wildman–Crippen LogP) is 4.97. The number of hydrogen-bond acceptors (Lipinski definition) is 2. The Morgan fingerprint density at radius 2 is 1.83 bits per heavy atom. The Labute approximate surface area is 159 Å². The SMILES string of the molecule is Cc1cc(C)cc(Sc2c(Cc3ccc[nH]3)c(C)[nH]c(=O)c2I)c1. The molecule has 0 amide bonds. The van der Waals surface area contributed by atoms with Crippen LogP contribution in [0.2, 0.25) is 0 Å². The summed E-state index contributed by atoms with van der Waals surface area (Å²) in [5, 5.41) is 0. The van der Waals surface area contributed by atoms with Gasteiger partial charge in [0.2, 0.25) is 0 Å². The highest BCUT2D eigenvalue weighted by Crippen LogP contribution is 2.35. The quantitative estimate of drug-likeness (QED) is 0.552. The first kappa shape index (κ1) is 17.4. The Hall–Kier alpha value is -1.47. The van der Waals surface area contributed by atoms with Crippen LogP contribution >= 0.6 is 34.4 Å². The number of nitrogens with one attached hydrogen (secondary N) is 2. The lowest BCUT2D eigenvalue weighted by Crippen LogP contribution is -2.15. The van der Waals surface area contributed by atoms with Crippen molar-refractivity contribution in [1.82, 2.24) is 9.97 Å². The largest absolute Gasteiger partial charge is 0.365 e. The lowest BCUT2D eigenvalue weighted by molar-refractivity contribution is 0.963. The minimum Gasteiger partial charge on any atom is -0.365 e. The highest BCUT2D eigenvalue weighted by atomic mass is 127. The number of rotatable bonds is 4. The first-order valence-electron chi connectivity index (χ1n) is 7.73. The second-order valence-corrected chi connectivity index (χ2v) is 8.16. The molecule has 2 heterocycles. The molecule has 5 heteroatoms. The molecular weight excluding hydrogens is 431 g/mol. The van der Waals surface area contributed by atoms with Crippen molar-refractivity contribution in [3.8, 4) is 0 Å². The molecular formula is C19H19IN2OS. The topological polar surface area (TPSA) is 48.6 Å². The van der Waals surface area contributed by atoms with E-state index in [1.54, 1.807) is 11.8 Å². The third-order valence-electron chi connectivity index (χ3n) is 3.87. The number of benzene rings is 1. The molecule has 0 spiro atoms. The Morgan fingerprint density at radius 1 is 1.12 bits per heavy atom. The normalized spacial score (nSPS) is 11.0. The fraction of sp³-hybridized carbons (Fsp3) is 0.211. The maximum absolute atomic E-state index is 12.3. The Bertz CT molecular complexity index is 909. The van der Waals surface area contributed by atoms with Gasteiger partial charge in [-0.15, -0.1) is 0 Å². The first-order chi connectivity index (χ1) is 11.4. The van der Waals surface area contributed by atoms with Gasteiger partial charge in [-0.05, 0) is 84.3 Å². The summed E-state index contributed by atoms with van der Waals surface area (Å²) < 4.78 is 0.754. The number of halogens is 1. The highest BCUT2D eigenvalue weighted by molar-refractivity contribution is 14.1. The smallest absolute Gasteiger partial charge is 0.262 e. The van der Waals surface area contributed by atoms with Crippen LogP contribution in [0.15, 0.2) is 51.1 Å². The molecule has 0 radical (unpaired) electrons. The van der Waals surface area contributed by atoms with Gasteiger partial charge in [-0.1, -0.05) is 17.8 Å². The summed E-state index contributed by atoms with van der Waals surface area (Å²) in [5.74, 6) is 0. The molecule has 0 saturated carbocycles. The van der Waals surface area contributed by atoms with Crippen LogP contribution in [0.3, 0.4) is 0 Å². The summed E-state index contributed by atoms with van der Waals surface area (Å²) >= 11 is 3.84.